The quantitative estimate of drug-likeness (QED) is 0.314. The molecule has 1 aliphatic rings. The fourth-order valence-electron chi connectivity index (χ4n) is 4.94. The number of aromatic amines is 1. The molecule has 1 aliphatic heterocycles. The van der Waals surface area contributed by atoms with Crippen LogP contribution in [0.3, 0.4) is 0 Å². The molecule has 2 aromatic heterocycles. The average Bonchev–Trinajstić information content (AvgIpc) is 3.38. The predicted molar refractivity (Wildman–Crippen MR) is 132 cm³/mol. The van der Waals surface area contributed by atoms with Gasteiger partial charge in [-0.05, 0) is 19.9 Å². The highest BCUT2D eigenvalue weighted by molar-refractivity contribution is 6.04. The van der Waals surface area contributed by atoms with Gasteiger partial charge in [-0.25, -0.2) is 14.4 Å². The number of rotatable bonds is 7. The van der Waals surface area contributed by atoms with E-state index in [4.69, 9.17) is 20.9 Å². The minimum atomic E-state index is -4.87. The van der Waals surface area contributed by atoms with Gasteiger partial charge in [-0.15, -0.1) is 0 Å². The lowest BCUT2D eigenvalue weighted by Crippen LogP contribution is -2.46. The van der Waals surface area contributed by atoms with Crippen LogP contribution in [0.25, 0.3) is 11.0 Å². The van der Waals surface area contributed by atoms with E-state index in [0.29, 0.717) is 0 Å². The molecule has 6 N–H and O–H groups in total. The molecule has 0 aliphatic carbocycles. The molecule has 1 aromatic carbocycles. The number of nitrogens with one attached hydrogen (secondary N) is 2. The molecule has 0 saturated carbocycles. The summed E-state index contributed by atoms with van der Waals surface area (Å²) in [5.74, 6) is -7.56. The number of fused-ring (bicyclic) bond motifs is 1. The largest absolute Gasteiger partial charge is 0.493 e. The molecule has 216 valence electrons. The summed E-state index contributed by atoms with van der Waals surface area (Å²) in [5, 5.41) is 2.48. The van der Waals surface area contributed by atoms with E-state index in [2.05, 4.69) is 20.3 Å². The smallest absolute Gasteiger partial charge is 0.417 e. The van der Waals surface area contributed by atoms with Crippen molar-refractivity contribution in [2.24, 2.45) is 17.4 Å². The molecule has 2 amide bonds. The van der Waals surface area contributed by atoms with Crippen molar-refractivity contribution in [2.75, 3.05) is 12.4 Å². The van der Waals surface area contributed by atoms with Crippen LogP contribution in [-0.4, -0.2) is 51.7 Å². The van der Waals surface area contributed by atoms with Crippen LogP contribution < -0.4 is 21.5 Å². The third-order valence-electron chi connectivity index (χ3n) is 7.08. The van der Waals surface area contributed by atoms with E-state index >= 15 is 0 Å². The van der Waals surface area contributed by atoms with Crippen LogP contribution in [0.1, 0.15) is 61.1 Å². The van der Waals surface area contributed by atoms with E-state index in [1.54, 1.807) is 6.92 Å². The lowest BCUT2D eigenvalue weighted by molar-refractivity contribution is -0.275. The molecule has 3 aromatic rings. The summed E-state index contributed by atoms with van der Waals surface area (Å²) in [6, 6.07) is 2.76. The van der Waals surface area contributed by atoms with Crippen molar-refractivity contribution in [3.05, 3.63) is 46.9 Å². The Morgan fingerprint density at radius 2 is 1.95 bits per heavy atom. The zero-order chi connectivity index (χ0) is 29.7. The van der Waals surface area contributed by atoms with E-state index in [1.165, 1.54) is 13.0 Å². The number of carbonyl (C=O) groups excluding carboxylic acids is 2. The van der Waals surface area contributed by atoms with E-state index < -0.39 is 65.0 Å². The van der Waals surface area contributed by atoms with Crippen molar-refractivity contribution in [2.45, 2.75) is 57.0 Å². The van der Waals surface area contributed by atoms with Crippen LogP contribution in [0, 0.1) is 17.6 Å². The molecule has 40 heavy (non-hydrogen) atoms. The monoisotopic (exact) mass is 570 g/mol. The number of halogens is 5. The first-order valence-electron chi connectivity index (χ1n) is 12.1. The van der Waals surface area contributed by atoms with Gasteiger partial charge in [0, 0.05) is 35.9 Å². The van der Waals surface area contributed by atoms with Gasteiger partial charge in [-0.1, -0.05) is 13.0 Å². The topological polar surface area (TPSA) is 158 Å². The van der Waals surface area contributed by atoms with Crippen LogP contribution in [0.2, 0.25) is 0 Å². The van der Waals surface area contributed by atoms with Gasteiger partial charge >= 0.3 is 6.18 Å². The summed E-state index contributed by atoms with van der Waals surface area (Å²) in [7, 11) is 1.06. The van der Waals surface area contributed by atoms with E-state index in [9.17, 15) is 31.5 Å². The maximum atomic E-state index is 14.6. The first-order chi connectivity index (χ1) is 18.6. The normalized spacial score (nSPS) is 23.8. The number of primary amides is 1. The zero-order valence-corrected chi connectivity index (χ0v) is 21.8. The molecule has 0 spiro atoms. The summed E-state index contributed by atoms with van der Waals surface area (Å²) in [5.41, 5.74) is 7.92. The maximum Gasteiger partial charge on any atom is 0.417 e. The lowest BCUT2D eigenvalue weighted by Gasteiger charge is -2.32. The molecule has 10 nitrogen and oxygen atoms in total. The number of methoxy groups -OCH3 is 1. The fourth-order valence-corrected chi connectivity index (χ4v) is 4.94. The van der Waals surface area contributed by atoms with Gasteiger partial charge in [0.15, 0.2) is 22.9 Å². The number of pyridine rings is 1. The molecule has 0 radical (unpaired) electrons. The fraction of sp³-hybridized carbons (Fsp3) is 0.440. The number of nitrogens with zero attached hydrogens (tertiary/aromatic N) is 2. The Morgan fingerprint density at radius 3 is 2.52 bits per heavy atom. The van der Waals surface area contributed by atoms with Gasteiger partial charge in [-0.2, -0.15) is 17.6 Å². The molecule has 3 heterocycles. The number of hydrogen-bond acceptors (Lipinski definition) is 7. The number of carbonyl (C=O) groups is 2. The Balaban J connectivity index is 1.89. The number of amides is 2. The van der Waals surface area contributed by atoms with Crippen molar-refractivity contribution in [3.63, 3.8) is 0 Å². The van der Waals surface area contributed by atoms with Gasteiger partial charge in [0.1, 0.15) is 23.3 Å². The number of nitrogens with two attached hydrogens (primary N) is 2. The Hall–Kier alpha value is -3.85. The van der Waals surface area contributed by atoms with Gasteiger partial charge in [-0.3, -0.25) is 9.59 Å². The van der Waals surface area contributed by atoms with Gasteiger partial charge < -0.3 is 31.2 Å². The minimum absolute atomic E-state index is 0.0541. The number of benzene rings is 1. The molecular formula is C25H27F5N6O4. The second-order valence-electron chi connectivity index (χ2n) is 9.91. The lowest BCUT2D eigenvalue weighted by atomic mass is 9.77. The Labute approximate surface area is 224 Å². The molecule has 1 saturated heterocycles. The number of H-pyrrole nitrogens is 1. The predicted octanol–water partition coefficient (Wildman–Crippen LogP) is 3.83. The number of imidazole rings is 1. The first kappa shape index (κ1) is 29.1. The molecular weight excluding hydrogens is 543 g/mol. The van der Waals surface area contributed by atoms with Crippen LogP contribution in [-0.2, 0) is 9.53 Å². The van der Waals surface area contributed by atoms with Crippen molar-refractivity contribution in [3.8, 4) is 5.75 Å². The van der Waals surface area contributed by atoms with Crippen LogP contribution in [0.4, 0.5) is 27.8 Å². The zero-order valence-electron chi connectivity index (χ0n) is 21.8. The highest BCUT2D eigenvalue weighted by Gasteiger charge is 2.65. The summed E-state index contributed by atoms with van der Waals surface area (Å²) in [4.78, 5) is 35.5. The van der Waals surface area contributed by atoms with Crippen molar-refractivity contribution in [1.29, 1.82) is 0 Å². The standard InChI is InChI=1S/C25H27F5N6O4/c1-9(31)7-15(37)34-14-8-13-18(19(35-14)22(32)38)36-23(33-13)21-16(10(2)24(3,40-21)25(28,29)30)11-5-6-12(26)17(27)20(11)39-4/h5-6,8-10,16,21H,7,31H2,1-4H3,(H2,32,38)(H,33,36)(H,34,35,37)/t9-,10+,16+,21-,24-/m1/s1. The number of hydrogen-bond donors (Lipinski definition) is 4. The number of ether oxygens (including phenoxy) is 2. The third kappa shape index (κ3) is 4.94. The van der Waals surface area contributed by atoms with E-state index in [1.807, 2.05) is 0 Å². The van der Waals surface area contributed by atoms with Crippen LogP contribution in [0.5, 0.6) is 5.75 Å². The average molecular weight is 571 g/mol. The molecule has 5 atom stereocenters. The Bertz CT molecular complexity index is 1480. The maximum absolute atomic E-state index is 14.6. The summed E-state index contributed by atoms with van der Waals surface area (Å²) >= 11 is 0. The minimum Gasteiger partial charge on any atom is -0.493 e. The Kier molecular flexibility index (Phi) is 7.49. The summed E-state index contributed by atoms with van der Waals surface area (Å²) in [6.07, 6.45) is -6.42. The number of anilines is 1. The van der Waals surface area contributed by atoms with Crippen LogP contribution >= 0.6 is 0 Å². The highest BCUT2D eigenvalue weighted by atomic mass is 19.4. The van der Waals surface area contributed by atoms with Crippen molar-refractivity contribution in [1.82, 2.24) is 15.0 Å². The molecule has 0 bridgehead atoms. The van der Waals surface area contributed by atoms with Gasteiger partial charge in [0.05, 0.1) is 12.6 Å². The number of aromatic nitrogens is 3. The SMILES string of the molecule is COc1c([C@H]2[C@H](c3nc4c(C(N)=O)nc(NC(=O)C[C@@H](C)N)cc4[nH]3)O[C@@](C)(C(F)(F)F)[C@H]2C)ccc(F)c1F. The Morgan fingerprint density at radius 1 is 1.27 bits per heavy atom. The molecule has 4 rings (SSSR count). The highest BCUT2D eigenvalue weighted by Crippen LogP contribution is 2.59. The number of alkyl halides is 3. The first-order valence-corrected chi connectivity index (χ1v) is 12.1. The third-order valence-corrected chi connectivity index (χ3v) is 7.08. The van der Waals surface area contributed by atoms with E-state index in [-0.39, 0.29) is 40.4 Å². The second-order valence-corrected chi connectivity index (χ2v) is 9.91. The molecule has 15 heteroatoms. The van der Waals surface area contributed by atoms with Crippen molar-refractivity contribution >= 4 is 28.7 Å². The van der Waals surface area contributed by atoms with Gasteiger partial charge in [0.25, 0.3) is 5.91 Å². The summed E-state index contributed by atoms with van der Waals surface area (Å²) in [6.45, 7) is 3.73. The summed E-state index contributed by atoms with van der Waals surface area (Å²) < 4.78 is 82.2. The molecule has 1 fully saturated rings. The second kappa shape index (κ2) is 10.3. The van der Waals surface area contributed by atoms with Crippen molar-refractivity contribution < 1.29 is 41.0 Å². The molecule has 0 unspecified atom stereocenters. The van der Waals surface area contributed by atoms with E-state index in [0.717, 1.165) is 26.2 Å². The van der Waals surface area contributed by atoms with Gasteiger partial charge in [0.2, 0.25) is 11.7 Å². The van der Waals surface area contributed by atoms with Crippen LogP contribution in [0.15, 0.2) is 18.2 Å².